The first-order chi connectivity index (χ1) is 16.9. The molecule has 1 aromatic carbocycles. The molecule has 2 heterocycles. The molecule has 35 heavy (non-hydrogen) atoms. The van der Waals surface area contributed by atoms with Crippen molar-refractivity contribution in [2.24, 2.45) is 0 Å². The van der Waals surface area contributed by atoms with E-state index in [1.165, 1.54) is 6.20 Å². The van der Waals surface area contributed by atoms with Gasteiger partial charge in [0.15, 0.2) is 0 Å². The number of pyridine rings is 1. The van der Waals surface area contributed by atoms with E-state index in [1.807, 2.05) is 24.3 Å². The molecule has 0 bridgehead atoms. The van der Waals surface area contributed by atoms with Crippen LogP contribution in [0.1, 0.15) is 45.4 Å². The topological polar surface area (TPSA) is 87.7 Å². The van der Waals surface area contributed by atoms with Gasteiger partial charge >= 0.3 is 0 Å². The lowest BCUT2D eigenvalue weighted by Crippen LogP contribution is -2.42. The quantitative estimate of drug-likeness (QED) is 0.401. The summed E-state index contributed by atoms with van der Waals surface area (Å²) >= 11 is 0. The molecule has 2 fully saturated rings. The lowest BCUT2D eigenvalue weighted by atomic mass is 9.90. The Kier molecular flexibility index (Phi) is 8.94. The maximum Gasteiger partial charge on any atom is 0.149 e. The number of aliphatic hydroxyl groups is 1. The van der Waals surface area contributed by atoms with Gasteiger partial charge in [-0.05, 0) is 56.4 Å². The number of hydrogen-bond acceptors (Lipinski definition) is 7. The molecule has 1 saturated carbocycles. The van der Waals surface area contributed by atoms with Crippen LogP contribution in [0.15, 0.2) is 36.5 Å². The van der Waals surface area contributed by atoms with Gasteiger partial charge in [-0.2, -0.15) is 0 Å². The van der Waals surface area contributed by atoms with E-state index in [2.05, 4.69) is 27.9 Å². The number of hydrogen-bond donors (Lipinski definition) is 4. The number of ether oxygens (including phenoxy) is 2. The molecule has 1 saturated heterocycles. The zero-order valence-corrected chi connectivity index (χ0v) is 20.9. The molecule has 0 spiro atoms. The molecule has 4 rings (SSSR count). The van der Waals surface area contributed by atoms with E-state index in [0.29, 0.717) is 68.7 Å². The van der Waals surface area contributed by atoms with Crippen LogP contribution >= 0.6 is 0 Å². The van der Waals surface area contributed by atoms with Crippen molar-refractivity contribution >= 4 is 11.5 Å². The molecule has 2 aromatic rings. The number of anilines is 2. The maximum atomic E-state index is 14.8. The number of benzene rings is 1. The fourth-order valence-corrected chi connectivity index (χ4v) is 5.04. The van der Waals surface area contributed by atoms with Crippen molar-refractivity contribution in [2.75, 3.05) is 44.1 Å². The van der Waals surface area contributed by atoms with Gasteiger partial charge in [0.05, 0.1) is 18.4 Å². The zero-order chi connectivity index (χ0) is 24.7. The zero-order valence-electron chi connectivity index (χ0n) is 20.9. The van der Waals surface area contributed by atoms with E-state index in [-0.39, 0.29) is 5.82 Å². The van der Waals surface area contributed by atoms with Crippen LogP contribution in [0, 0.1) is 5.82 Å². The van der Waals surface area contributed by atoms with Gasteiger partial charge in [0.25, 0.3) is 0 Å². The third-order valence-corrected chi connectivity index (χ3v) is 7.09. The Bertz CT molecular complexity index is 946. The number of nitrogens with one attached hydrogen (secondary N) is 3. The minimum Gasteiger partial charge on any atom is -0.388 e. The van der Waals surface area contributed by atoms with Gasteiger partial charge in [-0.15, -0.1) is 0 Å². The van der Waals surface area contributed by atoms with Gasteiger partial charge in [0, 0.05) is 69.1 Å². The molecule has 0 radical (unpaired) electrons. The van der Waals surface area contributed by atoms with Gasteiger partial charge in [0.2, 0.25) is 0 Å². The average molecular weight is 487 g/mol. The van der Waals surface area contributed by atoms with Gasteiger partial charge < -0.3 is 30.5 Å². The van der Waals surface area contributed by atoms with Crippen molar-refractivity contribution in [2.45, 2.75) is 69.2 Å². The van der Waals surface area contributed by atoms with E-state index >= 15 is 0 Å². The predicted molar refractivity (Wildman–Crippen MR) is 137 cm³/mol. The highest BCUT2D eigenvalue weighted by Crippen LogP contribution is 2.29. The molecule has 0 unspecified atom stereocenters. The summed E-state index contributed by atoms with van der Waals surface area (Å²) in [7, 11) is 1.73. The molecular formula is C27H39FN4O3. The highest BCUT2D eigenvalue weighted by atomic mass is 19.1. The SMILES string of the molecule is COC[C@@H](C)NC1CCC(Nc2cc(-c3cccc(NCC4(O)CCOCC4)c3)c(F)cn2)CC1. The Morgan fingerprint density at radius 2 is 1.91 bits per heavy atom. The first kappa shape index (κ1) is 25.8. The third kappa shape index (κ3) is 7.36. The Morgan fingerprint density at radius 1 is 1.17 bits per heavy atom. The largest absolute Gasteiger partial charge is 0.388 e. The molecule has 4 N–H and O–H groups in total. The lowest BCUT2D eigenvalue weighted by molar-refractivity contribution is -0.0543. The highest BCUT2D eigenvalue weighted by molar-refractivity contribution is 5.70. The third-order valence-electron chi connectivity index (χ3n) is 7.09. The molecule has 1 aliphatic heterocycles. The second-order valence-corrected chi connectivity index (χ2v) is 10.0. The first-order valence-corrected chi connectivity index (χ1v) is 12.8. The number of methoxy groups -OCH3 is 1. The summed E-state index contributed by atoms with van der Waals surface area (Å²) < 4.78 is 25.3. The summed E-state index contributed by atoms with van der Waals surface area (Å²) in [6.07, 6.45) is 6.77. The van der Waals surface area contributed by atoms with Crippen molar-refractivity contribution in [1.82, 2.24) is 10.3 Å². The summed E-state index contributed by atoms with van der Waals surface area (Å²) in [5.74, 6) is 0.344. The van der Waals surface area contributed by atoms with Gasteiger partial charge in [-0.25, -0.2) is 9.37 Å². The predicted octanol–water partition coefficient (Wildman–Crippen LogP) is 4.19. The summed E-state index contributed by atoms with van der Waals surface area (Å²) in [5.41, 5.74) is 1.36. The minimum atomic E-state index is -0.774. The van der Waals surface area contributed by atoms with Crippen molar-refractivity contribution in [3.63, 3.8) is 0 Å². The molecule has 8 heteroatoms. The van der Waals surface area contributed by atoms with Gasteiger partial charge in [0.1, 0.15) is 11.6 Å². The number of aromatic nitrogens is 1. The maximum absolute atomic E-state index is 14.8. The van der Waals surface area contributed by atoms with Crippen LogP contribution in [-0.4, -0.2) is 67.3 Å². The number of rotatable bonds is 10. The molecule has 1 atom stereocenters. The standard InChI is InChI=1S/C27H39FN4O3/c1-19(17-34-2)31-21-6-8-22(9-7-21)32-26-15-24(25(28)16-29-26)20-4-3-5-23(14-20)30-18-27(33)10-12-35-13-11-27/h3-5,14-16,19,21-22,30-31,33H,6-13,17-18H2,1-2H3,(H,29,32)/t19-,21?,22?/m1/s1. The Balaban J connectivity index is 1.36. The monoisotopic (exact) mass is 486 g/mol. The van der Waals surface area contributed by atoms with Crippen molar-refractivity contribution in [3.8, 4) is 11.1 Å². The molecule has 2 aliphatic rings. The Hall–Kier alpha value is -2.26. The van der Waals surface area contributed by atoms with E-state index < -0.39 is 5.60 Å². The molecular weight excluding hydrogens is 447 g/mol. The molecule has 1 aliphatic carbocycles. The summed E-state index contributed by atoms with van der Waals surface area (Å²) in [4.78, 5) is 4.30. The average Bonchev–Trinajstić information content (AvgIpc) is 2.86. The summed E-state index contributed by atoms with van der Waals surface area (Å²) in [5, 5.41) is 21.2. The second kappa shape index (κ2) is 12.1. The lowest BCUT2D eigenvalue weighted by Gasteiger charge is -2.32. The van der Waals surface area contributed by atoms with Crippen molar-refractivity contribution < 1.29 is 19.0 Å². The van der Waals surface area contributed by atoms with E-state index in [0.717, 1.165) is 36.9 Å². The molecule has 1 aromatic heterocycles. The van der Waals surface area contributed by atoms with Gasteiger partial charge in [-0.1, -0.05) is 12.1 Å². The Labute approximate surface area is 207 Å². The van der Waals surface area contributed by atoms with Crippen LogP contribution in [0.2, 0.25) is 0 Å². The summed E-state index contributed by atoms with van der Waals surface area (Å²) in [6, 6.07) is 10.6. The van der Waals surface area contributed by atoms with Crippen LogP contribution in [0.3, 0.4) is 0 Å². The molecule has 0 amide bonds. The summed E-state index contributed by atoms with van der Waals surface area (Å²) in [6.45, 7) is 4.44. The second-order valence-electron chi connectivity index (χ2n) is 10.0. The van der Waals surface area contributed by atoms with E-state index in [1.54, 1.807) is 13.2 Å². The smallest absolute Gasteiger partial charge is 0.149 e. The minimum absolute atomic E-state index is 0.324. The number of nitrogens with zero attached hydrogens (tertiary/aromatic N) is 1. The first-order valence-electron chi connectivity index (χ1n) is 12.8. The van der Waals surface area contributed by atoms with Gasteiger partial charge in [-0.3, -0.25) is 0 Å². The van der Waals surface area contributed by atoms with Crippen molar-refractivity contribution in [1.29, 1.82) is 0 Å². The van der Waals surface area contributed by atoms with Crippen LogP contribution in [0.25, 0.3) is 11.1 Å². The fraction of sp³-hybridized carbons (Fsp3) is 0.593. The normalized spacial score (nSPS) is 23.0. The molecule has 7 nitrogen and oxygen atoms in total. The van der Waals surface area contributed by atoms with Crippen LogP contribution in [-0.2, 0) is 9.47 Å². The van der Waals surface area contributed by atoms with E-state index in [9.17, 15) is 9.50 Å². The number of halogens is 1. The van der Waals surface area contributed by atoms with Crippen LogP contribution in [0.4, 0.5) is 15.9 Å². The van der Waals surface area contributed by atoms with Crippen LogP contribution < -0.4 is 16.0 Å². The van der Waals surface area contributed by atoms with Crippen molar-refractivity contribution in [3.05, 3.63) is 42.3 Å². The van der Waals surface area contributed by atoms with Crippen LogP contribution in [0.5, 0.6) is 0 Å². The Morgan fingerprint density at radius 3 is 2.66 bits per heavy atom. The van der Waals surface area contributed by atoms with E-state index in [4.69, 9.17) is 9.47 Å². The molecule has 192 valence electrons. The fourth-order valence-electron chi connectivity index (χ4n) is 5.04. The highest BCUT2D eigenvalue weighted by Gasteiger charge is 2.29.